The summed E-state index contributed by atoms with van der Waals surface area (Å²) in [6, 6.07) is 5.81. The lowest BCUT2D eigenvalue weighted by atomic mass is 10.0. The fraction of sp³-hybridized carbons (Fsp3) is 0.462. The van der Waals surface area contributed by atoms with Crippen LogP contribution in [0.3, 0.4) is 0 Å². The van der Waals surface area contributed by atoms with E-state index < -0.39 is 6.10 Å². The molecule has 1 rings (SSSR count). The van der Waals surface area contributed by atoms with Crippen LogP contribution < -0.4 is 0 Å². The summed E-state index contributed by atoms with van der Waals surface area (Å²) in [5.41, 5.74) is 2.79. The summed E-state index contributed by atoms with van der Waals surface area (Å²) in [5.74, 6) is 0.787. The molecule has 0 heterocycles. The molecule has 0 spiro atoms. The van der Waals surface area contributed by atoms with Crippen LogP contribution >= 0.6 is 11.8 Å². The monoisotopic (exact) mass is 254 g/mol. The summed E-state index contributed by atoms with van der Waals surface area (Å²) in [7, 11) is 0. The fourth-order valence-electron chi connectivity index (χ4n) is 1.45. The highest BCUT2D eigenvalue weighted by Crippen LogP contribution is 2.14. The van der Waals surface area contributed by atoms with E-state index in [0.717, 1.165) is 16.7 Å². The second-order valence-corrected chi connectivity index (χ2v) is 5.12. The normalized spacial score (nSPS) is 12.5. The first kappa shape index (κ1) is 14.2. The molecule has 3 nitrogen and oxygen atoms in total. The number of carbonyl (C=O) groups is 1. The number of hydrogen-bond donors (Lipinski definition) is 2. The van der Waals surface area contributed by atoms with Crippen molar-refractivity contribution in [2.75, 3.05) is 18.1 Å². The van der Waals surface area contributed by atoms with E-state index in [1.165, 1.54) is 11.8 Å². The van der Waals surface area contributed by atoms with E-state index >= 15 is 0 Å². The van der Waals surface area contributed by atoms with Gasteiger partial charge in [0.25, 0.3) is 0 Å². The lowest BCUT2D eigenvalue weighted by Gasteiger charge is -2.08. The minimum absolute atomic E-state index is 0.0707. The van der Waals surface area contributed by atoms with E-state index in [-0.39, 0.29) is 12.4 Å². The molecule has 0 saturated heterocycles. The predicted molar refractivity (Wildman–Crippen MR) is 70.7 cm³/mol. The molecule has 0 radical (unpaired) electrons. The molecule has 0 bridgehead atoms. The predicted octanol–water partition coefficient (Wildman–Crippen LogP) is 1.57. The minimum atomic E-state index is -0.744. The van der Waals surface area contributed by atoms with Crippen LogP contribution in [0.1, 0.15) is 21.5 Å². The quantitative estimate of drug-likeness (QED) is 0.757. The maximum absolute atomic E-state index is 11.9. The summed E-state index contributed by atoms with van der Waals surface area (Å²) < 4.78 is 0. The highest BCUT2D eigenvalue weighted by molar-refractivity contribution is 8.00. The van der Waals surface area contributed by atoms with Crippen LogP contribution in [0.2, 0.25) is 0 Å². The molecule has 0 fully saturated rings. The van der Waals surface area contributed by atoms with E-state index in [1.807, 2.05) is 32.0 Å². The number of rotatable bonds is 6. The van der Waals surface area contributed by atoms with Crippen LogP contribution in [0.25, 0.3) is 0 Å². The van der Waals surface area contributed by atoms with Gasteiger partial charge in [0.15, 0.2) is 5.78 Å². The Hall–Kier alpha value is -0.840. The second kappa shape index (κ2) is 6.79. The zero-order valence-electron chi connectivity index (χ0n) is 10.1. The van der Waals surface area contributed by atoms with Crippen molar-refractivity contribution in [3.8, 4) is 0 Å². The molecule has 94 valence electrons. The van der Waals surface area contributed by atoms with Crippen molar-refractivity contribution in [3.63, 3.8) is 0 Å². The van der Waals surface area contributed by atoms with Crippen LogP contribution in [-0.4, -0.2) is 40.2 Å². The zero-order valence-corrected chi connectivity index (χ0v) is 11.0. The van der Waals surface area contributed by atoms with Gasteiger partial charge >= 0.3 is 0 Å². The van der Waals surface area contributed by atoms with Crippen molar-refractivity contribution in [3.05, 3.63) is 34.9 Å². The number of carbonyl (C=O) groups excluding carboxylic acids is 1. The van der Waals surface area contributed by atoms with Gasteiger partial charge in [-0.1, -0.05) is 17.7 Å². The van der Waals surface area contributed by atoms with E-state index in [9.17, 15) is 4.79 Å². The van der Waals surface area contributed by atoms with Crippen molar-refractivity contribution in [2.24, 2.45) is 0 Å². The van der Waals surface area contributed by atoms with E-state index in [0.29, 0.717) is 11.5 Å². The highest BCUT2D eigenvalue weighted by atomic mass is 32.2. The van der Waals surface area contributed by atoms with Crippen LogP contribution in [0, 0.1) is 13.8 Å². The average molecular weight is 254 g/mol. The molecular weight excluding hydrogens is 236 g/mol. The van der Waals surface area contributed by atoms with Gasteiger partial charge < -0.3 is 10.2 Å². The lowest BCUT2D eigenvalue weighted by molar-refractivity contribution is 0.102. The van der Waals surface area contributed by atoms with E-state index in [2.05, 4.69) is 0 Å². The topological polar surface area (TPSA) is 57.5 Å². The Morgan fingerprint density at radius 3 is 2.76 bits per heavy atom. The standard InChI is InChI=1S/C13H18O3S/c1-9-3-4-10(2)12(5-9)13(16)8-17-7-11(15)6-14/h3-5,11,14-15H,6-8H2,1-2H3. The Balaban J connectivity index is 2.55. The molecule has 1 atom stereocenters. The van der Waals surface area contributed by atoms with Crippen molar-refractivity contribution in [1.29, 1.82) is 0 Å². The number of Topliss-reactive ketones (excluding diaryl/α,β-unsaturated/α-hetero) is 1. The largest absolute Gasteiger partial charge is 0.394 e. The minimum Gasteiger partial charge on any atom is -0.394 e. The molecule has 0 amide bonds. The molecular formula is C13H18O3S. The van der Waals surface area contributed by atoms with Crippen LogP contribution in [0.15, 0.2) is 18.2 Å². The summed E-state index contributed by atoms with van der Waals surface area (Å²) in [6.07, 6.45) is -0.744. The first-order chi connectivity index (χ1) is 8.04. The fourth-order valence-corrected chi connectivity index (χ4v) is 2.29. The number of aryl methyl sites for hydroxylation is 2. The zero-order chi connectivity index (χ0) is 12.8. The number of benzene rings is 1. The Kier molecular flexibility index (Phi) is 5.68. The number of aliphatic hydroxyl groups is 2. The summed E-state index contributed by atoms with van der Waals surface area (Å²) in [4.78, 5) is 11.9. The molecule has 4 heteroatoms. The smallest absolute Gasteiger partial charge is 0.172 e. The third-order valence-corrected chi connectivity index (χ3v) is 3.53. The van der Waals surface area contributed by atoms with Gasteiger partial charge in [0.05, 0.1) is 18.5 Å². The molecule has 17 heavy (non-hydrogen) atoms. The van der Waals surface area contributed by atoms with Crippen molar-refractivity contribution < 1.29 is 15.0 Å². The maximum Gasteiger partial charge on any atom is 0.172 e. The van der Waals surface area contributed by atoms with E-state index in [1.54, 1.807) is 0 Å². The first-order valence-corrected chi connectivity index (χ1v) is 6.67. The lowest BCUT2D eigenvalue weighted by Crippen LogP contribution is -2.16. The second-order valence-electron chi connectivity index (χ2n) is 4.09. The third kappa shape index (κ3) is 4.50. The molecule has 2 N–H and O–H groups in total. The molecule has 0 aliphatic heterocycles. The number of thioether (sulfide) groups is 1. The van der Waals surface area contributed by atoms with Gasteiger partial charge in [-0.15, -0.1) is 0 Å². The molecule has 1 aromatic rings. The van der Waals surface area contributed by atoms with Crippen LogP contribution in [0.4, 0.5) is 0 Å². The van der Waals surface area contributed by atoms with Gasteiger partial charge in [-0.05, 0) is 25.5 Å². The van der Waals surface area contributed by atoms with Gasteiger partial charge in [-0.2, -0.15) is 11.8 Å². The Labute approximate surface area is 106 Å². The van der Waals surface area contributed by atoms with Crippen molar-refractivity contribution in [1.82, 2.24) is 0 Å². The Morgan fingerprint density at radius 1 is 1.41 bits per heavy atom. The summed E-state index contributed by atoms with van der Waals surface area (Å²) in [5, 5.41) is 17.8. The molecule has 0 aliphatic carbocycles. The van der Waals surface area contributed by atoms with Crippen LogP contribution in [0.5, 0.6) is 0 Å². The molecule has 0 aliphatic rings. The van der Waals surface area contributed by atoms with E-state index in [4.69, 9.17) is 10.2 Å². The molecule has 0 saturated carbocycles. The summed E-state index contributed by atoms with van der Waals surface area (Å²) >= 11 is 1.34. The molecule has 0 aromatic heterocycles. The molecule has 1 aromatic carbocycles. The van der Waals surface area contributed by atoms with Gasteiger partial charge in [0.2, 0.25) is 0 Å². The van der Waals surface area contributed by atoms with Gasteiger partial charge in [0.1, 0.15) is 0 Å². The van der Waals surface area contributed by atoms with Crippen molar-refractivity contribution in [2.45, 2.75) is 20.0 Å². The number of ketones is 1. The first-order valence-electron chi connectivity index (χ1n) is 5.51. The molecule has 1 unspecified atom stereocenters. The highest BCUT2D eigenvalue weighted by Gasteiger charge is 2.10. The SMILES string of the molecule is Cc1ccc(C)c(C(=O)CSCC(O)CO)c1. The Morgan fingerprint density at radius 2 is 2.12 bits per heavy atom. The Bertz CT molecular complexity index is 390. The van der Waals surface area contributed by atoms with Crippen molar-refractivity contribution >= 4 is 17.5 Å². The maximum atomic E-state index is 11.9. The van der Waals surface area contributed by atoms with Gasteiger partial charge in [-0.25, -0.2) is 0 Å². The number of hydrogen-bond acceptors (Lipinski definition) is 4. The third-order valence-electron chi connectivity index (χ3n) is 2.45. The summed E-state index contributed by atoms with van der Waals surface area (Å²) in [6.45, 7) is 3.61. The van der Waals surface area contributed by atoms with Gasteiger partial charge in [0, 0.05) is 11.3 Å². The average Bonchev–Trinajstić information content (AvgIpc) is 2.31. The van der Waals surface area contributed by atoms with Crippen LogP contribution in [-0.2, 0) is 0 Å². The van der Waals surface area contributed by atoms with Gasteiger partial charge in [-0.3, -0.25) is 4.79 Å². The number of aliphatic hydroxyl groups excluding tert-OH is 2.